The van der Waals surface area contributed by atoms with E-state index in [0.717, 1.165) is 60.0 Å². The van der Waals surface area contributed by atoms with Gasteiger partial charge in [-0.25, -0.2) is 0 Å². The van der Waals surface area contributed by atoms with Gasteiger partial charge in [0, 0.05) is 44.5 Å². The number of pyridine rings is 1. The number of amides is 1. The van der Waals surface area contributed by atoms with Crippen LogP contribution in [-0.2, 0) is 16.1 Å². The Labute approximate surface area is 168 Å². The highest BCUT2D eigenvalue weighted by atomic mass is 32.1. The summed E-state index contributed by atoms with van der Waals surface area (Å²) < 4.78 is 6.50. The first kappa shape index (κ1) is 18.9. The van der Waals surface area contributed by atoms with Crippen LogP contribution in [0.2, 0.25) is 0 Å². The summed E-state index contributed by atoms with van der Waals surface area (Å²) in [5.74, 6) is 0.0472. The lowest BCUT2D eigenvalue weighted by Gasteiger charge is -2.26. The zero-order valence-electron chi connectivity index (χ0n) is 15.7. The number of morpholine rings is 1. The molecular formula is C21H24N4O2S. The Bertz CT molecular complexity index is 937. The van der Waals surface area contributed by atoms with Crippen molar-refractivity contribution in [1.29, 1.82) is 0 Å². The van der Waals surface area contributed by atoms with Crippen LogP contribution >= 0.6 is 11.3 Å². The summed E-state index contributed by atoms with van der Waals surface area (Å²) in [5, 5.41) is 8.54. The van der Waals surface area contributed by atoms with Crippen LogP contribution in [0.3, 0.4) is 0 Å². The topological polar surface area (TPSA) is 66.5 Å². The quantitative estimate of drug-likeness (QED) is 0.639. The van der Waals surface area contributed by atoms with E-state index in [2.05, 4.69) is 32.0 Å². The Morgan fingerprint density at radius 3 is 3.00 bits per heavy atom. The molecule has 1 amide bonds. The number of nitrogens with zero attached hydrogens (tertiary/aromatic N) is 2. The van der Waals surface area contributed by atoms with E-state index in [1.54, 1.807) is 11.3 Å². The fourth-order valence-corrected chi connectivity index (χ4v) is 4.12. The van der Waals surface area contributed by atoms with Crippen molar-refractivity contribution < 1.29 is 9.53 Å². The summed E-state index contributed by atoms with van der Waals surface area (Å²) in [6.07, 6.45) is 2.32. The van der Waals surface area contributed by atoms with E-state index in [9.17, 15) is 4.79 Å². The fraction of sp³-hybridized carbons (Fsp3) is 0.333. The van der Waals surface area contributed by atoms with E-state index in [4.69, 9.17) is 4.74 Å². The second-order valence-corrected chi connectivity index (χ2v) is 7.72. The lowest BCUT2D eigenvalue weighted by Crippen LogP contribution is -2.38. The number of nitrogens with one attached hydrogen (secondary N) is 2. The number of carbonyl (C=O) groups is 1. The van der Waals surface area contributed by atoms with Crippen molar-refractivity contribution in [2.75, 3.05) is 43.5 Å². The SMILES string of the molecule is O=C(CCN1CCOCC1)Nc1cccc(CNc2ccnc3ccsc23)c1. The summed E-state index contributed by atoms with van der Waals surface area (Å²) in [4.78, 5) is 18.9. The molecule has 0 saturated carbocycles. The van der Waals surface area contributed by atoms with Crippen molar-refractivity contribution in [3.63, 3.8) is 0 Å². The standard InChI is InChI=1S/C21H24N4O2S/c26-20(5-8-25-9-11-27-12-10-25)24-17-3-1-2-16(14-17)15-23-18-4-7-22-19-6-13-28-21(18)19/h1-4,6-7,13-14H,5,8-12,15H2,(H,22,23)(H,24,26). The number of benzene rings is 1. The maximum Gasteiger partial charge on any atom is 0.225 e. The number of anilines is 2. The number of fused-ring (bicyclic) bond motifs is 1. The number of thiophene rings is 1. The molecule has 1 aliphatic heterocycles. The van der Waals surface area contributed by atoms with Gasteiger partial charge in [-0.05, 0) is 35.2 Å². The van der Waals surface area contributed by atoms with Gasteiger partial charge in [0.25, 0.3) is 0 Å². The maximum absolute atomic E-state index is 12.3. The number of rotatable bonds is 7. The first-order valence-electron chi connectivity index (χ1n) is 9.53. The Morgan fingerprint density at radius 2 is 2.11 bits per heavy atom. The summed E-state index contributed by atoms with van der Waals surface area (Å²) in [6, 6.07) is 12.0. The number of aromatic nitrogens is 1. The zero-order chi connectivity index (χ0) is 19.2. The molecule has 0 bridgehead atoms. The fourth-order valence-electron chi connectivity index (χ4n) is 3.28. The number of hydrogen-bond acceptors (Lipinski definition) is 6. The largest absolute Gasteiger partial charge is 0.380 e. The predicted molar refractivity (Wildman–Crippen MR) is 114 cm³/mol. The first-order valence-corrected chi connectivity index (χ1v) is 10.4. The van der Waals surface area contributed by atoms with Gasteiger partial charge in [0.05, 0.1) is 29.1 Å². The maximum atomic E-state index is 12.3. The second-order valence-electron chi connectivity index (χ2n) is 6.80. The van der Waals surface area contributed by atoms with Gasteiger partial charge in [-0.15, -0.1) is 11.3 Å². The summed E-state index contributed by atoms with van der Waals surface area (Å²) in [5.41, 5.74) is 4.05. The van der Waals surface area contributed by atoms with Gasteiger partial charge in [0.1, 0.15) is 0 Å². The van der Waals surface area contributed by atoms with Gasteiger partial charge < -0.3 is 15.4 Å². The van der Waals surface area contributed by atoms with E-state index in [0.29, 0.717) is 13.0 Å². The molecule has 0 atom stereocenters. The van der Waals surface area contributed by atoms with Crippen molar-refractivity contribution in [2.45, 2.75) is 13.0 Å². The van der Waals surface area contributed by atoms with Crippen molar-refractivity contribution in [3.05, 3.63) is 53.5 Å². The van der Waals surface area contributed by atoms with E-state index in [-0.39, 0.29) is 5.91 Å². The molecule has 0 aliphatic carbocycles. The third kappa shape index (κ3) is 4.86. The molecule has 7 heteroatoms. The van der Waals surface area contributed by atoms with Crippen molar-refractivity contribution in [2.24, 2.45) is 0 Å². The lowest BCUT2D eigenvalue weighted by molar-refractivity contribution is -0.116. The first-order chi connectivity index (χ1) is 13.8. The molecule has 3 heterocycles. The van der Waals surface area contributed by atoms with Crippen molar-refractivity contribution >= 4 is 38.8 Å². The van der Waals surface area contributed by atoms with Gasteiger partial charge in [0.2, 0.25) is 5.91 Å². The molecule has 146 valence electrons. The molecule has 28 heavy (non-hydrogen) atoms. The minimum atomic E-state index is 0.0472. The molecule has 0 radical (unpaired) electrons. The summed E-state index contributed by atoms with van der Waals surface area (Å²) in [7, 11) is 0. The predicted octanol–water partition coefficient (Wildman–Crippen LogP) is 3.57. The van der Waals surface area contributed by atoms with Crippen LogP contribution in [0.15, 0.2) is 48.0 Å². The van der Waals surface area contributed by atoms with E-state index in [1.165, 1.54) is 0 Å². The molecule has 2 N–H and O–H groups in total. The van der Waals surface area contributed by atoms with Crippen LogP contribution in [0.4, 0.5) is 11.4 Å². The highest BCUT2D eigenvalue weighted by Crippen LogP contribution is 2.27. The Kier molecular flexibility index (Phi) is 6.16. The molecular weight excluding hydrogens is 372 g/mol. The summed E-state index contributed by atoms with van der Waals surface area (Å²) in [6.45, 7) is 4.78. The van der Waals surface area contributed by atoms with E-state index in [1.807, 2.05) is 36.5 Å². The van der Waals surface area contributed by atoms with E-state index < -0.39 is 0 Å². The normalized spacial score (nSPS) is 14.9. The molecule has 0 unspecified atom stereocenters. The molecule has 1 saturated heterocycles. The van der Waals surface area contributed by atoms with Crippen molar-refractivity contribution in [1.82, 2.24) is 9.88 Å². The average molecular weight is 397 g/mol. The van der Waals surface area contributed by atoms with Gasteiger partial charge in [0.15, 0.2) is 0 Å². The van der Waals surface area contributed by atoms with Crippen LogP contribution in [0.1, 0.15) is 12.0 Å². The van der Waals surface area contributed by atoms with Crippen LogP contribution < -0.4 is 10.6 Å². The Hall–Kier alpha value is -2.48. The number of hydrogen-bond donors (Lipinski definition) is 2. The van der Waals surface area contributed by atoms with Crippen LogP contribution in [0.5, 0.6) is 0 Å². The smallest absolute Gasteiger partial charge is 0.225 e. The Morgan fingerprint density at radius 1 is 1.21 bits per heavy atom. The highest BCUT2D eigenvalue weighted by molar-refractivity contribution is 7.17. The second kappa shape index (κ2) is 9.14. The van der Waals surface area contributed by atoms with Gasteiger partial charge >= 0.3 is 0 Å². The number of ether oxygens (including phenoxy) is 1. The molecule has 4 rings (SSSR count). The molecule has 1 aliphatic rings. The third-order valence-corrected chi connectivity index (χ3v) is 5.73. The van der Waals surface area contributed by atoms with Crippen molar-refractivity contribution in [3.8, 4) is 0 Å². The molecule has 1 fully saturated rings. The van der Waals surface area contributed by atoms with Crippen LogP contribution in [0, 0.1) is 0 Å². The number of carbonyl (C=O) groups excluding carboxylic acids is 1. The third-order valence-electron chi connectivity index (χ3n) is 4.80. The molecule has 3 aromatic rings. The van der Waals surface area contributed by atoms with Crippen LogP contribution in [-0.4, -0.2) is 48.6 Å². The summed E-state index contributed by atoms with van der Waals surface area (Å²) >= 11 is 1.68. The zero-order valence-corrected chi connectivity index (χ0v) is 16.5. The Balaban J connectivity index is 1.31. The van der Waals surface area contributed by atoms with Gasteiger partial charge in [-0.3, -0.25) is 14.7 Å². The molecule has 0 spiro atoms. The minimum Gasteiger partial charge on any atom is -0.380 e. The monoisotopic (exact) mass is 396 g/mol. The van der Waals surface area contributed by atoms with E-state index >= 15 is 0 Å². The minimum absolute atomic E-state index is 0.0472. The lowest BCUT2D eigenvalue weighted by atomic mass is 10.2. The van der Waals surface area contributed by atoms with Gasteiger partial charge in [-0.1, -0.05) is 12.1 Å². The van der Waals surface area contributed by atoms with Gasteiger partial charge in [-0.2, -0.15) is 0 Å². The highest BCUT2D eigenvalue weighted by Gasteiger charge is 2.12. The molecule has 6 nitrogen and oxygen atoms in total. The average Bonchev–Trinajstić information content (AvgIpc) is 3.21. The van der Waals surface area contributed by atoms with Crippen LogP contribution in [0.25, 0.3) is 10.2 Å². The molecule has 2 aromatic heterocycles. The molecule has 1 aromatic carbocycles.